The maximum Gasteiger partial charge on any atom is 0.254 e. The summed E-state index contributed by atoms with van der Waals surface area (Å²) in [5.74, 6) is -0.0756. The zero-order chi connectivity index (χ0) is 14.0. The third kappa shape index (κ3) is 3.12. The van der Waals surface area contributed by atoms with Crippen LogP contribution in [0.25, 0.3) is 5.52 Å². The topological polar surface area (TPSA) is 57.8 Å². The fraction of sp³-hybridized carbons (Fsp3) is 0.429. The highest BCUT2D eigenvalue weighted by molar-refractivity contribution is 5.95. The first-order valence-corrected chi connectivity index (χ1v) is 6.34. The van der Waals surface area contributed by atoms with Gasteiger partial charge in [-0.05, 0) is 32.9 Å². The highest BCUT2D eigenvalue weighted by atomic mass is 16.3. The van der Waals surface area contributed by atoms with Crippen LogP contribution >= 0.6 is 0 Å². The summed E-state index contributed by atoms with van der Waals surface area (Å²) in [4.78, 5) is 18.1. The molecule has 5 nitrogen and oxygen atoms in total. The second-order valence-corrected chi connectivity index (χ2v) is 5.27. The van der Waals surface area contributed by atoms with Crippen molar-refractivity contribution in [2.75, 3.05) is 13.1 Å². The SMILES string of the molecule is CCN(CC(C)(C)O)C(=O)c1ccn2cncc2c1. The average Bonchev–Trinajstić information content (AvgIpc) is 2.81. The van der Waals surface area contributed by atoms with Gasteiger partial charge in [0.2, 0.25) is 0 Å². The highest BCUT2D eigenvalue weighted by Crippen LogP contribution is 2.12. The normalized spacial score (nSPS) is 11.8. The fourth-order valence-corrected chi connectivity index (χ4v) is 2.03. The minimum atomic E-state index is -0.896. The van der Waals surface area contributed by atoms with E-state index in [1.165, 1.54) is 0 Å². The highest BCUT2D eigenvalue weighted by Gasteiger charge is 2.22. The van der Waals surface area contributed by atoms with Crippen molar-refractivity contribution in [3.63, 3.8) is 0 Å². The molecule has 0 saturated heterocycles. The van der Waals surface area contributed by atoms with E-state index in [0.29, 0.717) is 18.7 Å². The predicted molar refractivity (Wildman–Crippen MR) is 73.1 cm³/mol. The Balaban J connectivity index is 2.25. The van der Waals surface area contributed by atoms with Crippen molar-refractivity contribution in [3.8, 4) is 0 Å². The number of rotatable bonds is 4. The number of nitrogens with zero attached hydrogens (tertiary/aromatic N) is 3. The first-order chi connectivity index (χ1) is 8.90. The van der Waals surface area contributed by atoms with E-state index >= 15 is 0 Å². The zero-order valence-corrected chi connectivity index (χ0v) is 11.5. The Labute approximate surface area is 112 Å². The van der Waals surface area contributed by atoms with Gasteiger partial charge in [0.15, 0.2) is 0 Å². The van der Waals surface area contributed by atoms with Gasteiger partial charge >= 0.3 is 0 Å². The van der Waals surface area contributed by atoms with Crippen molar-refractivity contribution < 1.29 is 9.90 Å². The van der Waals surface area contributed by atoms with Crippen LogP contribution in [-0.4, -0.2) is 44.0 Å². The van der Waals surface area contributed by atoms with Gasteiger partial charge in [0.25, 0.3) is 5.91 Å². The van der Waals surface area contributed by atoms with Crippen LogP contribution in [0.1, 0.15) is 31.1 Å². The van der Waals surface area contributed by atoms with Gasteiger partial charge in [-0.25, -0.2) is 4.98 Å². The van der Waals surface area contributed by atoms with Gasteiger partial charge < -0.3 is 14.4 Å². The number of carbonyl (C=O) groups excluding carboxylic acids is 1. The number of likely N-dealkylation sites (N-methyl/N-ethyl adjacent to an activating group) is 1. The van der Waals surface area contributed by atoms with E-state index in [1.807, 2.05) is 23.6 Å². The number of aliphatic hydroxyl groups is 1. The molecule has 0 aromatic carbocycles. The van der Waals surface area contributed by atoms with E-state index in [9.17, 15) is 9.90 Å². The fourth-order valence-electron chi connectivity index (χ4n) is 2.03. The molecular formula is C14H19N3O2. The first kappa shape index (κ1) is 13.5. The summed E-state index contributed by atoms with van der Waals surface area (Å²) in [6, 6.07) is 3.58. The Morgan fingerprint density at radius 3 is 2.89 bits per heavy atom. The Kier molecular flexibility index (Phi) is 3.57. The van der Waals surface area contributed by atoms with E-state index in [-0.39, 0.29) is 5.91 Å². The van der Waals surface area contributed by atoms with Crippen molar-refractivity contribution in [2.24, 2.45) is 0 Å². The second-order valence-electron chi connectivity index (χ2n) is 5.27. The number of fused-ring (bicyclic) bond motifs is 1. The maximum atomic E-state index is 12.4. The molecule has 19 heavy (non-hydrogen) atoms. The Bertz CT molecular complexity index is 584. The van der Waals surface area contributed by atoms with Crippen molar-refractivity contribution in [1.29, 1.82) is 0 Å². The summed E-state index contributed by atoms with van der Waals surface area (Å²) in [7, 11) is 0. The minimum Gasteiger partial charge on any atom is -0.389 e. The quantitative estimate of drug-likeness (QED) is 0.908. The maximum absolute atomic E-state index is 12.4. The molecule has 1 amide bonds. The number of pyridine rings is 1. The summed E-state index contributed by atoms with van der Waals surface area (Å²) >= 11 is 0. The zero-order valence-electron chi connectivity index (χ0n) is 11.5. The molecule has 0 radical (unpaired) electrons. The van der Waals surface area contributed by atoms with Crippen LogP contribution in [0.2, 0.25) is 0 Å². The van der Waals surface area contributed by atoms with Crippen LogP contribution in [0.15, 0.2) is 30.9 Å². The summed E-state index contributed by atoms with van der Waals surface area (Å²) in [6.45, 7) is 6.17. The van der Waals surface area contributed by atoms with E-state index in [4.69, 9.17) is 0 Å². The summed E-state index contributed by atoms with van der Waals surface area (Å²) in [6.07, 6.45) is 5.22. The third-order valence-electron chi connectivity index (χ3n) is 2.91. The lowest BCUT2D eigenvalue weighted by atomic mass is 10.1. The number of amides is 1. The van der Waals surface area contributed by atoms with Crippen LogP contribution in [-0.2, 0) is 0 Å². The molecule has 0 aliphatic rings. The summed E-state index contributed by atoms with van der Waals surface area (Å²) < 4.78 is 1.85. The largest absolute Gasteiger partial charge is 0.389 e. The van der Waals surface area contributed by atoms with Gasteiger partial charge in [0.05, 0.1) is 23.6 Å². The second kappa shape index (κ2) is 5.01. The van der Waals surface area contributed by atoms with Gasteiger partial charge in [-0.1, -0.05) is 0 Å². The lowest BCUT2D eigenvalue weighted by Crippen LogP contribution is -2.42. The third-order valence-corrected chi connectivity index (χ3v) is 2.91. The van der Waals surface area contributed by atoms with Gasteiger partial charge in [-0.15, -0.1) is 0 Å². The lowest BCUT2D eigenvalue weighted by molar-refractivity contribution is 0.0314. The molecule has 0 bridgehead atoms. The molecule has 2 rings (SSSR count). The molecule has 0 fully saturated rings. The standard InChI is InChI=1S/C14H19N3O2/c1-4-16(9-14(2,3)19)13(18)11-5-6-17-10-15-8-12(17)7-11/h5-8,10,19H,4,9H2,1-3H3. The van der Waals surface area contributed by atoms with Crippen molar-refractivity contribution >= 4 is 11.4 Å². The molecule has 2 heterocycles. The number of hydrogen-bond donors (Lipinski definition) is 1. The molecule has 0 saturated carbocycles. The molecule has 102 valence electrons. The van der Waals surface area contributed by atoms with Gasteiger partial charge in [-0.2, -0.15) is 0 Å². The smallest absolute Gasteiger partial charge is 0.254 e. The van der Waals surface area contributed by atoms with E-state index in [0.717, 1.165) is 5.52 Å². The average molecular weight is 261 g/mol. The molecule has 5 heteroatoms. The first-order valence-electron chi connectivity index (χ1n) is 6.34. The molecule has 0 unspecified atom stereocenters. The van der Waals surface area contributed by atoms with Crippen molar-refractivity contribution in [1.82, 2.24) is 14.3 Å². The van der Waals surface area contributed by atoms with Crippen LogP contribution in [0, 0.1) is 0 Å². The van der Waals surface area contributed by atoms with Gasteiger partial charge in [-0.3, -0.25) is 4.79 Å². The van der Waals surface area contributed by atoms with E-state index in [2.05, 4.69) is 4.98 Å². The van der Waals surface area contributed by atoms with Crippen LogP contribution < -0.4 is 0 Å². The van der Waals surface area contributed by atoms with Crippen LogP contribution in [0.4, 0.5) is 0 Å². The van der Waals surface area contributed by atoms with E-state index in [1.54, 1.807) is 37.3 Å². The molecule has 2 aromatic heterocycles. The molecular weight excluding hydrogens is 242 g/mol. The Morgan fingerprint density at radius 2 is 2.26 bits per heavy atom. The van der Waals surface area contributed by atoms with Crippen LogP contribution in [0.3, 0.4) is 0 Å². The van der Waals surface area contributed by atoms with Crippen molar-refractivity contribution in [2.45, 2.75) is 26.4 Å². The molecule has 0 atom stereocenters. The Morgan fingerprint density at radius 1 is 1.53 bits per heavy atom. The summed E-state index contributed by atoms with van der Waals surface area (Å²) in [5.41, 5.74) is 0.594. The lowest BCUT2D eigenvalue weighted by Gasteiger charge is -2.28. The number of imidazole rings is 1. The molecule has 1 N–H and O–H groups in total. The van der Waals surface area contributed by atoms with E-state index < -0.39 is 5.60 Å². The predicted octanol–water partition coefficient (Wildman–Crippen LogP) is 1.57. The minimum absolute atomic E-state index is 0.0756. The summed E-state index contributed by atoms with van der Waals surface area (Å²) in [5, 5.41) is 9.85. The Hall–Kier alpha value is -1.88. The molecule has 0 spiro atoms. The monoisotopic (exact) mass is 261 g/mol. The van der Waals surface area contributed by atoms with Gasteiger partial charge in [0.1, 0.15) is 0 Å². The number of carbonyl (C=O) groups is 1. The number of hydrogen-bond acceptors (Lipinski definition) is 3. The number of aromatic nitrogens is 2. The van der Waals surface area contributed by atoms with Crippen LogP contribution in [0.5, 0.6) is 0 Å². The van der Waals surface area contributed by atoms with Crippen molar-refractivity contribution in [3.05, 3.63) is 36.4 Å². The molecule has 0 aliphatic heterocycles. The van der Waals surface area contributed by atoms with Gasteiger partial charge in [0, 0.05) is 24.8 Å². The molecule has 2 aromatic rings. The molecule has 0 aliphatic carbocycles.